The molecule has 0 saturated heterocycles. The lowest BCUT2D eigenvalue weighted by molar-refractivity contribution is 0.580. The molecule has 21 heavy (non-hydrogen) atoms. The van der Waals surface area contributed by atoms with Crippen molar-refractivity contribution in [1.29, 1.82) is 0 Å². The van der Waals surface area contributed by atoms with E-state index in [1.807, 2.05) is 19.1 Å². The van der Waals surface area contributed by atoms with Gasteiger partial charge in [0.15, 0.2) is 0 Å². The Morgan fingerprint density at radius 2 is 1.86 bits per heavy atom. The van der Waals surface area contributed by atoms with Gasteiger partial charge in [-0.3, -0.25) is 4.98 Å². The lowest BCUT2D eigenvalue weighted by Gasteiger charge is -2.10. The summed E-state index contributed by atoms with van der Waals surface area (Å²) in [4.78, 5) is 4.09. The van der Waals surface area contributed by atoms with E-state index in [1.165, 1.54) is 12.1 Å². The fourth-order valence-corrected chi connectivity index (χ4v) is 4.66. The maximum absolute atomic E-state index is 12.3. The van der Waals surface area contributed by atoms with Gasteiger partial charge in [0.25, 0.3) is 0 Å². The Hall–Kier alpha value is -0.660. The Labute approximate surface area is 141 Å². The summed E-state index contributed by atoms with van der Waals surface area (Å²) in [7, 11) is -3.82. The van der Waals surface area contributed by atoms with Crippen LogP contribution in [-0.2, 0) is 16.6 Å². The number of sulfonamides is 1. The highest BCUT2D eigenvalue weighted by Gasteiger charge is 2.22. The first-order valence-electron chi connectivity index (χ1n) is 5.86. The molecule has 0 aliphatic carbocycles. The molecule has 1 aromatic heterocycles. The van der Waals surface area contributed by atoms with E-state index < -0.39 is 10.0 Å². The maximum atomic E-state index is 12.3. The number of hydrogen-bond acceptors (Lipinski definition) is 3. The molecular formula is C13H11BrCl2N2O2S. The van der Waals surface area contributed by atoms with E-state index in [4.69, 9.17) is 23.2 Å². The number of aryl methyl sites for hydroxylation is 1. The number of benzene rings is 1. The summed E-state index contributed by atoms with van der Waals surface area (Å²) in [5, 5.41) is 0.109. The number of aromatic nitrogens is 1. The second kappa shape index (κ2) is 6.62. The molecule has 0 amide bonds. The summed E-state index contributed by atoms with van der Waals surface area (Å²) in [5.74, 6) is 0. The first-order valence-corrected chi connectivity index (χ1v) is 8.89. The van der Waals surface area contributed by atoms with E-state index in [1.54, 1.807) is 6.07 Å². The Bertz CT molecular complexity index is 758. The molecule has 0 radical (unpaired) electrons. The highest BCUT2D eigenvalue weighted by molar-refractivity contribution is 9.10. The van der Waals surface area contributed by atoms with Gasteiger partial charge in [-0.15, -0.1) is 0 Å². The van der Waals surface area contributed by atoms with Gasteiger partial charge >= 0.3 is 0 Å². The van der Waals surface area contributed by atoms with Crippen molar-refractivity contribution in [2.45, 2.75) is 18.4 Å². The normalized spacial score (nSPS) is 11.6. The molecule has 0 atom stereocenters. The maximum Gasteiger partial charge on any atom is 0.243 e. The number of pyridine rings is 1. The molecule has 0 unspecified atom stereocenters. The summed E-state index contributed by atoms with van der Waals surface area (Å²) in [5.41, 5.74) is 1.43. The number of rotatable bonds is 4. The molecule has 0 bridgehead atoms. The number of nitrogens with one attached hydrogen (secondary N) is 1. The third-order valence-corrected chi connectivity index (χ3v) is 5.40. The van der Waals surface area contributed by atoms with Crippen LogP contribution < -0.4 is 4.72 Å². The second-order valence-corrected chi connectivity index (χ2v) is 7.73. The topological polar surface area (TPSA) is 59.1 Å². The standard InChI is InChI=1S/C13H11BrCl2N2O2S/c1-8-3-2-4-10(18-8)7-17-21(19,20)13-11(15)5-9(14)6-12(13)16/h2-6,17H,7H2,1H3. The molecule has 4 nitrogen and oxygen atoms in total. The quantitative estimate of drug-likeness (QED) is 0.831. The van der Waals surface area contributed by atoms with Crippen LogP contribution in [-0.4, -0.2) is 13.4 Å². The van der Waals surface area contributed by atoms with Gasteiger partial charge in [0.1, 0.15) is 4.90 Å². The van der Waals surface area contributed by atoms with E-state index in [0.29, 0.717) is 10.2 Å². The fraction of sp³-hybridized carbons (Fsp3) is 0.154. The lowest BCUT2D eigenvalue weighted by atomic mass is 10.3. The molecule has 0 fully saturated rings. The Balaban J connectivity index is 2.27. The van der Waals surface area contributed by atoms with Gasteiger partial charge < -0.3 is 0 Å². The summed E-state index contributed by atoms with van der Waals surface area (Å²) in [6.45, 7) is 1.90. The minimum Gasteiger partial charge on any atom is -0.257 e. The largest absolute Gasteiger partial charge is 0.257 e. The minimum absolute atomic E-state index is 0.0547. The third-order valence-electron chi connectivity index (χ3n) is 2.62. The Morgan fingerprint density at radius 3 is 2.43 bits per heavy atom. The van der Waals surface area contributed by atoms with Crippen LogP contribution in [0.3, 0.4) is 0 Å². The Kier molecular flexibility index (Phi) is 5.27. The second-order valence-electron chi connectivity index (χ2n) is 4.29. The van der Waals surface area contributed by atoms with Gasteiger partial charge in [0.05, 0.1) is 22.3 Å². The average molecular weight is 410 g/mol. The first-order chi connectivity index (χ1) is 9.79. The van der Waals surface area contributed by atoms with Crippen LogP contribution in [0, 0.1) is 6.92 Å². The van der Waals surface area contributed by atoms with Crippen LogP contribution >= 0.6 is 39.1 Å². The monoisotopic (exact) mass is 408 g/mol. The van der Waals surface area contributed by atoms with Crippen LogP contribution in [0.2, 0.25) is 10.0 Å². The number of hydrogen-bond donors (Lipinski definition) is 1. The Morgan fingerprint density at radius 1 is 1.24 bits per heavy atom. The summed E-state index contributed by atoms with van der Waals surface area (Å²) >= 11 is 15.2. The van der Waals surface area contributed by atoms with E-state index in [2.05, 4.69) is 25.6 Å². The molecule has 8 heteroatoms. The zero-order valence-corrected chi connectivity index (χ0v) is 14.8. The molecular weight excluding hydrogens is 399 g/mol. The predicted octanol–water partition coefficient (Wildman–Crippen LogP) is 3.94. The van der Waals surface area contributed by atoms with Crippen LogP contribution in [0.15, 0.2) is 39.7 Å². The van der Waals surface area contributed by atoms with Crippen molar-refractivity contribution in [2.24, 2.45) is 0 Å². The molecule has 1 N–H and O–H groups in total. The van der Waals surface area contributed by atoms with E-state index in [-0.39, 0.29) is 21.5 Å². The van der Waals surface area contributed by atoms with Crippen molar-refractivity contribution in [1.82, 2.24) is 9.71 Å². The van der Waals surface area contributed by atoms with Crippen molar-refractivity contribution in [2.75, 3.05) is 0 Å². The van der Waals surface area contributed by atoms with E-state index >= 15 is 0 Å². The fourth-order valence-electron chi connectivity index (χ4n) is 1.72. The van der Waals surface area contributed by atoms with Gasteiger partial charge in [-0.2, -0.15) is 0 Å². The van der Waals surface area contributed by atoms with E-state index in [9.17, 15) is 8.42 Å². The van der Waals surface area contributed by atoms with Crippen molar-refractivity contribution in [3.05, 3.63) is 56.2 Å². The summed E-state index contributed by atoms with van der Waals surface area (Å²) < 4.78 is 27.7. The van der Waals surface area contributed by atoms with Gasteiger partial charge in [-0.25, -0.2) is 13.1 Å². The minimum atomic E-state index is -3.82. The van der Waals surface area contributed by atoms with Crippen molar-refractivity contribution in [3.8, 4) is 0 Å². The zero-order valence-electron chi connectivity index (χ0n) is 10.9. The van der Waals surface area contributed by atoms with Crippen molar-refractivity contribution < 1.29 is 8.42 Å². The molecule has 2 rings (SSSR count). The molecule has 1 aromatic carbocycles. The molecule has 1 heterocycles. The van der Waals surface area contributed by atoms with Crippen LogP contribution in [0.25, 0.3) is 0 Å². The summed E-state index contributed by atoms with van der Waals surface area (Å²) in [6, 6.07) is 8.34. The van der Waals surface area contributed by atoms with Crippen LogP contribution in [0.1, 0.15) is 11.4 Å². The van der Waals surface area contributed by atoms with Crippen molar-refractivity contribution >= 4 is 49.2 Å². The molecule has 0 aliphatic heterocycles. The molecule has 0 spiro atoms. The molecule has 112 valence electrons. The SMILES string of the molecule is Cc1cccc(CNS(=O)(=O)c2c(Cl)cc(Br)cc2Cl)n1. The summed E-state index contributed by atoms with van der Waals surface area (Å²) in [6.07, 6.45) is 0. The van der Waals surface area contributed by atoms with Crippen molar-refractivity contribution in [3.63, 3.8) is 0 Å². The van der Waals surface area contributed by atoms with E-state index in [0.717, 1.165) is 5.69 Å². The highest BCUT2D eigenvalue weighted by Crippen LogP contribution is 2.32. The highest BCUT2D eigenvalue weighted by atomic mass is 79.9. The lowest BCUT2D eigenvalue weighted by Crippen LogP contribution is -2.24. The van der Waals surface area contributed by atoms with Crippen LogP contribution in [0.5, 0.6) is 0 Å². The molecule has 0 saturated carbocycles. The average Bonchev–Trinajstić information content (AvgIpc) is 2.35. The number of nitrogens with zero attached hydrogens (tertiary/aromatic N) is 1. The van der Waals surface area contributed by atoms with Gasteiger partial charge in [0.2, 0.25) is 10.0 Å². The third kappa shape index (κ3) is 4.17. The predicted molar refractivity (Wildman–Crippen MR) is 87.2 cm³/mol. The molecule has 2 aromatic rings. The first kappa shape index (κ1) is 16.7. The zero-order chi connectivity index (χ0) is 15.6. The van der Waals surface area contributed by atoms with Gasteiger partial charge in [0, 0.05) is 10.2 Å². The smallest absolute Gasteiger partial charge is 0.243 e. The number of halogens is 3. The molecule has 0 aliphatic rings. The van der Waals surface area contributed by atoms with Gasteiger partial charge in [-0.05, 0) is 31.2 Å². The van der Waals surface area contributed by atoms with Crippen LogP contribution in [0.4, 0.5) is 0 Å². The van der Waals surface area contributed by atoms with Gasteiger partial charge in [-0.1, -0.05) is 45.2 Å².